The smallest absolute Gasteiger partial charge is 0.258 e. The van der Waals surface area contributed by atoms with Gasteiger partial charge in [-0.1, -0.05) is 18.2 Å². The number of pyridine rings is 1. The van der Waals surface area contributed by atoms with E-state index in [0.717, 1.165) is 5.39 Å². The van der Waals surface area contributed by atoms with Gasteiger partial charge in [-0.25, -0.2) is 0 Å². The van der Waals surface area contributed by atoms with Crippen molar-refractivity contribution >= 4 is 10.8 Å². The number of aliphatic hydroxyl groups is 1. The Labute approximate surface area is 92.9 Å². The number of aliphatic hydroxyl groups excluding tert-OH is 1. The van der Waals surface area contributed by atoms with E-state index < -0.39 is 6.10 Å². The minimum Gasteiger partial charge on any atom is -0.390 e. The van der Waals surface area contributed by atoms with Crippen molar-refractivity contribution in [2.75, 3.05) is 6.54 Å². The maximum absolute atomic E-state index is 12.0. The molecule has 1 aromatic heterocycles. The van der Waals surface area contributed by atoms with Crippen LogP contribution in [-0.2, 0) is 6.54 Å². The van der Waals surface area contributed by atoms with Crippen molar-refractivity contribution in [2.45, 2.75) is 12.6 Å². The molecule has 4 nitrogen and oxygen atoms in total. The van der Waals surface area contributed by atoms with Crippen molar-refractivity contribution in [1.29, 1.82) is 0 Å². The fourth-order valence-corrected chi connectivity index (χ4v) is 1.68. The van der Waals surface area contributed by atoms with E-state index in [1.165, 1.54) is 4.57 Å². The largest absolute Gasteiger partial charge is 0.390 e. The average Bonchev–Trinajstić information content (AvgIpc) is 2.33. The summed E-state index contributed by atoms with van der Waals surface area (Å²) in [5.41, 5.74) is 5.23. The molecule has 0 aliphatic rings. The summed E-state index contributed by atoms with van der Waals surface area (Å²) in [5, 5.41) is 11.0. The lowest BCUT2D eigenvalue weighted by molar-refractivity contribution is 0.161. The Bertz CT molecular complexity index is 548. The zero-order valence-corrected chi connectivity index (χ0v) is 8.84. The van der Waals surface area contributed by atoms with Gasteiger partial charge in [-0.2, -0.15) is 0 Å². The van der Waals surface area contributed by atoms with Gasteiger partial charge in [-0.3, -0.25) is 4.79 Å². The Morgan fingerprint density at radius 1 is 1.31 bits per heavy atom. The van der Waals surface area contributed by atoms with Gasteiger partial charge >= 0.3 is 0 Å². The van der Waals surface area contributed by atoms with Crippen LogP contribution in [0.4, 0.5) is 0 Å². The molecule has 16 heavy (non-hydrogen) atoms. The summed E-state index contributed by atoms with van der Waals surface area (Å²) in [6.45, 7) is 0.388. The van der Waals surface area contributed by atoms with Crippen molar-refractivity contribution in [3.05, 3.63) is 46.9 Å². The number of hydrogen-bond acceptors (Lipinski definition) is 3. The molecule has 84 valence electrons. The Hall–Kier alpha value is -1.65. The molecule has 0 radical (unpaired) electrons. The summed E-state index contributed by atoms with van der Waals surface area (Å²) in [6, 6.07) is 9.25. The van der Waals surface area contributed by atoms with E-state index in [9.17, 15) is 9.90 Å². The van der Waals surface area contributed by atoms with E-state index in [1.54, 1.807) is 12.3 Å². The molecule has 3 N–H and O–H groups in total. The first-order valence-electron chi connectivity index (χ1n) is 5.18. The molecule has 2 rings (SSSR count). The molecule has 1 heterocycles. The van der Waals surface area contributed by atoms with Crippen LogP contribution >= 0.6 is 0 Å². The van der Waals surface area contributed by atoms with Crippen molar-refractivity contribution in [2.24, 2.45) is 5.73 Å². The van der Waals surface area contributed by atoms with Gasteiger partial charge in [0.1, 0.15) is 0 Å². The van der Waals surface area contributed by atoms with Crippen molar-refractivity contribution in [1.82, 2.24) is 4.57 Å². The predicted octanol–water partition coefficient (Wildman–Crippen LogP) is 0.321. The molecule has 0 aliphatic carbocycles. The normalized spacial score (nSPS) is 12.9. The molecule has 4 heteroatoms. The number of nitrogens with zero attached hydrogens (tertiary/aromatic N) is 1. The maximum atomic E-state index is 12.0. The van der Waals surface area contributed by atoms with Crippen LogP contribution in [0.5, 0.6) is 0 Å². The SMILES string of the molecule is NC[C@H](O)Cn1ccc2ccccc2c1=O. The van der Waals surface area contributed by atoms with E-state index in [4.69, 9.17) is 5.73 Å². The number of rotatable bonds is 3. The zero-order valence-electron chi connectivity index (χ0n) is 8.84. The number of nitrogens with two attached hydrogens (primary N) is 1. The lowest BCUT2D eigenvalue weighted by Crippen LogP contribution is -2.30. The van der Waals surface area contributed by atoms with Crippen LogP contribution in [0.3, 0.4) is 0 Å². The van der Waals surface area contributed by atoms with Gasteiger partial charge in [0.2, 0.25) is 0 Å². The number of hydrogen-bond donors (Lipinski definition) is 2. The average molecular weight is 218 g/mol. The van der Waals surface area contributed by atoms with E-state index in [0.29, 0.717) is 5.39 Å². The third-order valence-electron chi connectivity index (χ3n) is 2.57. The molecule has 1 aromatic carbocycles. The minimum atomic E-state index is -0.682. The van der Waals surface area contributed by atoms with Gasteiger partial charge in [0.15, 0.2) is 0 Å². The third kappa shape index (κ3) is 1.98. The van der Waals surface area contributed by atoms with E-state index in [2.05, 4.69) is 0 Å². The van der Waals surface area contributed by atoms with Gasteiger partial charge in [0.25, 0.3) is 5.56 Å². The lowest BCUT2D eigenvalue weighted by atomic mass is 10.2. The van der Waals surface area contributed by atoms with Crippen molar-refractivity contribution in [3.8, 4) is 0 Å². The minimum absolute atomic E-state index is 0.0920. The summed E-state index contributed by atoms with van der Waals surface area (Å²) in [7, 11) is 0. The van der Waals surface area contributed by atoms with Crippen LogP contribution < -0.4 is 11.3 Å². The Morgan fingerprint density at radius 3 is 2.81 bits per heavy atom. The molecule has 0 fully saturated rings. The third-order valence-corrected chi connectivity index (χ3v) is 2.57. The molecule has 0 saturated heterocycles. The molecule has 0 spiro atoms. The molecular formula is C12H14N2O2. The van der Waals surface area contributed by atoms with Crippen LogP contribution in [0, 0.1) is 0 Å². The second-order valence-corrected chi connectivity index (χ2v) is 3.75. The summed E-state index contributed by atoms with van der Waals surface area (Å²) in [4.78, 5) is 12.0. The van der Waals surface area contributed by atoms with Crippen LogP contribution in [0.1, 0.15) is 0 Å². The Morgan fingerprint density at radius 2 is 2.06 bits per heavy atom. The van der Waals surface area contributed by atoms with Crippen molar-refractivity contribution in [3.63, 3.8) is 0 Å². The monoisotopic (exact) mass is 218 g/mol. The maximum Gasteiger partial charge on any atom is 0.258 e. The molecule has 0 saturated carbocycles. The first kappa shape index (κ1) is 10.9. The zero-order chi connectivity index (χ0) is 11.5. The number of benzene rings is 1. The lowest BCUT2D eigenvalue weighted by Gasteiger charge is -2.10. The summed E-state index contributed by atoms with van der Waals surface area (Å²) in [6.07, 6.45) is 1.00. The van der Waals surface area contributed by atoms with Crippen LogP contribution in [0.15, 0.2) is 41.3 Å². The fourth-order valence-electron chi connectivity index (χ4n) is 1.68. The van der Waals surface area contributed by atoms with Gasteiger partial charge in [-0.05, 0) is 17.5 Å². The van der Waals surface area contributed by atoms with E-state index in [1.807, 2.05) is 24.3 Å². The first-order chi connectivity index (χ1) is 7.72. The molecule has 0 aliphatic heterocycles. The van der Waals surface area contributed by atoms with E-state index in [-0.39, 0.29) is 18.6 Å². The number of fused-ring (bicyclic) bond motifs is 1. The van der Waals surface area contributed by atoms with E-state index >= 15 is 0 Å². The summed E-state index contributed by atoms with van der Waals surface area (Å²) < 4.78 is 1.49. The second kappa shape index (κ2) is 4.47. The van der Waals surface area contributed by atoms with Crippen LogP contribution in [-0.4, -0.2) is 22.3 Å². The highest BCUT2D eigenvalue weighted by Gasteiger charge is 2.06. The number of aromatic nitrogens is 1. The highest BCUT2D eigenvalue weighted by atomic mass is 16.3. The first-order valence-corrected chi connectivity index (χ1v) is 5.18. The summed E-state index contributed by atoms with van der Waals surface area (Å²) in [5.74, 6) is 0. The van der Waals surface area contributed by atoms with Gasteiger partial charge in [0.05, 0.1) is 12.6 Å². The highest BCUT2D eigenvalue weighted by molar-refractivity contribution is 5.81. The topological polar surface area (TPSA) is 68.2 Å². The van der Waals surface area contributed by atoms with Crippen LogP contribution in [0.25, 0.3) is 10.8 Å². The Balaban J connectivity index is 2.49. The fraction of sp³-hybridized carbons (Fsp3) is 0.250. The predicted molar refractivity (Wildman–Crippen MR) is 63.3 cm³/mol. The van der Waals surface area contributed by atoms with Gasteiger partial charge < -0.3 is 15.4 Å². The quantitative estimate of drug-likeness (QED) is 0.779. The van der Waals surface area contributed by atoms with Crippen molar-refractivity contribution < 1.29 is 5.11 Å². The molecular weight excluding hydrogens is 204 g/mol. The van der Waals surface area contributed by atoms with Crippen LogP contribution in [0.2, 0.25) is 0 Å². The standard InChI is InChI=1S/C12H14N2O2/c13-7-10(15)8-14-6-5-9-3-1-2-4-11(9)12(14)16/h1-6,10,15H,7-8,13H2/t10-/m0/s1. The second-order valence-electron chi connectivity index (χ2n) is 3.75. The molecule has 2 aromatic rings. The summed E-state index contributed by atoms with van der Waals surface area (Å²) >= 11 is 0. The molecule has 0 amide bonds. The molecule has 1 atom stereocenters. The molecule has 0 unspecified atom stereocenters. The molecule has 0 bridgehead atoms. The van der Waals surface area contributed by atoms with Gasteiger partial charge in [0, 0.05) is 18.1 Å². The van der Waals surface area contributed by atoms with Gasteiger partial charge in [-0.15, -0.1) is 0 Å². The highest BCUT2D eigenvalue weighted by Crippen LogP contribution is 2.08. The Kier molecular flexibility index (Phi) is 3.03.